The number of benzene rings is 4. The number of hydrogen-bond donors (Lipinski definition) is 0. The van der Waals surface area contributed by atoms with E-state index in [9.17, 15) is 26.3 Å². The molecule has 0 heterocycles. The molecule has 0 spiro atoms. The summed E-state index contributed by atoms with van der Waals surface area (Å²) < 4.78 is 75.9. The Hall–Kier alpha value is -4.86. The van der Waals surface area contributed by atoms with Crippen molar-refractivity contribution in [3.05, 3.63) is 142 Å². The average molecular weight is 514 g/mol. The second-order valence-corrected chi connectivity index (χ2v) is 8.05. The Morgan fingerprint density at radius 2 is 0.447 bits per heavy atom. The van der Waals surface area contributed by atoms with Crippen LogP contribution >= 0.6 is 0 Å². The minimum Gasteiger partial charge on any atom is -0.166 e. The van der Waals surface area contributed by atoms with Crippen molar-refractivity contribution in [3.8, 4) is 35.5 Å². The number of alkyl halides is 6. The maximum atomic E-state index is 12.6. The number of rotatable bonds is 0. The highest BCUT2D eigenvalue weighted by molar-refractivity contribution is 5.50. The van der Waals surface area contributed by atoms with E-state index in [0.29, 0.717) is 22.3 Å². The first-order chi connectivity index (χ1) is 18.1. The molecule has 0 unspecified atom stereocenters. The standard InChI is InChI=1S/C32H16F6/c33-31(34,35)29-19-15-27(16-20-29)13-11-25-7-3-23(4-8-25)1-2-24-5-9-26(10-6-24)12-14-28-17-21-30(22-18-28)32(36,37)38/h3-10,15-22H. The van der Waals surface area contributed by atoms with Crippen molar-refractivity contribution in [2.45, 2.75) is 12.4 Å². The van der Waals surface area contributed by atoms with Gasteiger partial charge in [-0.1, -0.05) is 35.5 Å². The van der Waals surface area contributed by atoms with E-state index in [-0.39, 0.29) is 0 Å². The molecule has 0 aliphatic carbocycles. The number of halogens is 6. The molecule has 0 aliphatic rings. The molecule has 4 aromatic carbocycles. The molecule has 0 saturated carbocycles. The van der Waals surface area contributed by atoms with Gasteiger partial charge < -0.3 is 0 Å². The summed E-state index contributed by atoms with van der Waals surface area (Å²) in [5.74, 6) is 17.6. The lowest BCUT2D eigenvalue weighted by molar-refractivity contribution is -0.138. The van der Waals surface area contributed by atoms with Gasteiger partial charge in [0.25, 0.3) is 0 Å². The fourth-order valence-corrected chi connectivity index (χ4v) is 3.19. The highest BCUT2D eigenvalue weighted by Crippen LogP contribution is 2.29. The predicted molar refractivity (Wildman–Crippen MR) is 134 cm³/mol. The van der Waals surface area contributed by atoms with Crippen LogP contribution in [0.25, 0.3) is 0 Å². The van der Waals surface area contributed by atoms with Crippen LogP contribution in [0.5, 0.6) is 0 Å². The molecule has 186 valence electrons. The Morgan fingerprint density at radius 1 is 0.289 bits per heavy atom. The van der Waals surface area contributed by atoms with Gasteiger partial charge in [-0.2, -0.15) is 26.3 Å². The third kappa shape index (κ3) is 7.33. The van der Waals surface area contributed by atoms with Gasteiger partial charge in [0.15, 0.2) is 0 Å². The van der Waals surface area contributed by atoms with Crippen LogP contribution in [0, 0.1) is 35.5 Å². The van der Waals surface area contributed by atoms with Gasteiger partial charge in [0, 0.05) is 33.4 Å². The summed E-state index contributed by atoms with van der Waals surface area (Å²) in [7, 11) is 0. The normalized spacial score (nSPS) is 10.8. The Balaban J connectivity index is 1.37. The third-order valence-electron chi connectivity index (χ3n) is 5.25. The van der Waals surface area contributed by atoms with E-state index < -0.39 is 23.5 Å². The Morgan fingerprint density at radius 3 is 0.605 bits per heavy atom. The largest absolute Gasteiger partial charge is 0.416 e. The van der Waals surface area contributed by atoms with Crippen molar-refractivity contribution in [3.63, 3.8) is 0 Å². The van der Waals surface area contributed by atoms with Crippen LogP contribution < -0.4 is 0 Å². The molecule has 0 N–H and O–H groups in total. The molecule has 4 rings (SSSR count). The highest BCUT2D eigenvalue weighted by Gasteiger charge is 2.30. The zero-order chi connectivity index (χ0) is 27.2. The average Bonchev–Trinajstić information content (AvgIpc) is 2.90. The van der Waals surface area contributed by atoms with Gasteiger partial charge in [-0.15, -0.1) is 0 Å². The summed E-state index contributed by atoms with van der Waals surface area (Å²) in [5, 5.41) is 0. The molecule has 0 saturated heterocycles. The second-order valence-electron chi connectivity index (χ2n) is 8.05. The fourth-order valence-electron chi connectivity index (χ4n) is 3.19. The molecule has 0 amide bonds. The van der Waals surface area contributed by atoms with Crippen molar-refractivity contribution >= 4 is 0 Å². The summed E-state index contributed by atoms with van der Waals surface area (Å²) in [6.07, 6.45) is -8.76. The summed E-state index contributed by atoms with van der Waals surface area (Å²) in [6.45, 7) is 0. The Kier molecular flexibility index (Phi) is 7.61. The molecular formula is C32H16F6. The smallest absolute Gasteiger partial charge is 0.166 e. The van der Waals surface area contributed by atoms with Crippen molar-refractivity contribution in [2.75, 3.05) is 0 Å². The zero-order valence-corrected chi connectivity index (χ0v) is 19.5. The molecular weight excluding hydrogens is 498 g/mol. The molecule has 0 aromatic heterocycles. The van der Waals surface area contributed by atoms with Gasteiger partial charge in [-0.25, -0.2) is 0 Å². The quantitative estimate of drug-likeness (QED) is 0.165. The van der Waals surface area contributed by atoms with Crippen LogP contribution in [0.3, 0.4) is 0 Å². The molecule has 0 fully saturated rings. The van der Waals surface area contributed by atoms with E-state index in [2.05, 4.69) is 35.5 Å². The predicted octanol–water partition coefficient (Wildman–Crippen LogP) is 7.92. The molecule has 0 aliphatic heterocycles. The minimum atomic E-state index is -4.38. The molecule has 6 heteroatoms. The van der Waals surface area contributed by atoms with Crippen LogP contribution in [-0.4, -0.2) is 0 Å². The van der Waals surface area contributed by atoms with Gasteiger partial charge in [0.1, 0.15) is 0 Å². The van der Waals surface area contributed by atoms with Crippen LogP contribution in [0.4, 0.5) is 26.3 Å². The molecule has 0 nitrogen and oxygen atoms in total. The van der Waals surface area contributed by atoms with E-state index in [1.807, 2.05) is 0 Å². The molecule has 4 aromatic rings. The van der Waals surface area contributed by atoms with E-state index in [0.717, 1.165) is 35.4 Å². The van der Waals surface area contributed by atoms with Gasteiger partial charge in [0.05, 0.1) is 11.1 Å². The summed E-state index contributed by atoms with van der Waals surface area (Å²) >= 11 is 0. The SMILES string of the molecule is FC(F)(F)c1ccc(C#Cc2ccc(C#Cc3ccc(C#Cc4ccc(C(F)(F)F)cc4)cc3)cc2)cc1. The van der Waals surface area contributed by atoms with Crippen molar-refractivity contribution < 1.29 is 26.3 Å². The zero-order valence-electron chi connectivity index (χ0n) is 19.5. The van der Waals surface area contributed by atoms with Crippen LogP contribution in [-0.2, 0) is 12.4 Å². The first-order valence-electron chi connectivity index (χ1n) is 11.2. The lowest BCUT2D eigenvalue weighted by Crippen LogP contribution is -2.04. The lowest BCUT2D eigenvalue weighted by atomic mass is 10.1. The van der Waals surface area contributed by atoms with E-state index in [4.69, 9.17) is 0 Å². The Bertz CT molecular complexity index is 1460. The van der Waals surface area contributed by atoms with Crippen molar-refractivity contribution in [1.29, 1.82) is 0 Å². The summed E-state index contributed by atoms with van der Waals surface area (Å²) in [6, 6.07) is 23.7. The number of hydrogen-bond acceptors (Lipinski definition) is 0. The lowest BCUT2D eigenvalue weighted by Gasteiger charge is -2.05. The van der Waals surface area contributed by atoms with E-state index >= 15 is 0 Å². The van der Waals surface area contributed by atoms with E-state index in [1.54, 1.807) is 48.5 Å². The van der Waals surface area contributed by atoms with Crippen molar-refractivity contribution in [2.24, 2.45) is 0 Å². The molecule has 0 bridgehead atoms. The monoisotopic (exact) mass is 514 g/mol. The molecule has 0 radical (unpaired) electrons. The highest BCUT2D eigenvalue weighted by atomic mass is 19.4. The second kappa shape index (κ2) is 11.0. The minimum absolute atomic E-state index is 0.481. The maximum absolute atomic E-state index is 12.6. The summed E-state index contributed by atoms with van der Waals surface area (Å²) in [5.41, 5.74) is 2.45. The third-order valence-corrected chi connectivity index (χ3v) is 5.25. The molecule has 0 atom stereocenters. The fraction of sp³-hybridized carbons (Fsp3) is 0.0625. The van der Waals surface area contributed by atoms with Crippen LogP contribution in [0.15, 0.2) is 97.1 Å². The van der Waals surface area contributed by atoms with Crippen LogP contribution in [0.1, 0.15) is 44.5 Å². The first kappa shape index (κ1) is 26.2. The van der Waals surface area contributed by atoms with Gasteiger partial charge in [-0.05, 0) is 97.1 Å². The Labute approximate surface area is 216 Å². The van der Waals surface area contributed by atoms with Crippen LogP contribution in [0.2, 0.25) is 0 Å². The first-order valence-corrected chi connectivity index (χ1v) is 11.2. The van der Waals surface area contributed by atoms with Gasteiger partial charge >= 0.3 is 12.4 Å². The van der Waals surface area contributed by atoms with Gasteiger partial charge in [-0.3, -0.25) is 0 Å². The maximum Gasteiger partial charge on any atom is 0.416 e. The summed E-state index contributed by atoms with van der Waals surface area (Å²) in [4.78, 5) is 0. The van der Waals surface area contributed by atoms with Gasteiger partial charge in [0.2, 0.25) is 0 Å². The van der Waals surface area contributed by atoms with E-state index in [1.165, 1.54) is 24.3 Å². The van der Waals surface area contributed by atoms with Crippen molar-refractivity contribution in [1.82, 2.24) is 0 Å². The topological polar surface area (TPSA) is 0 Å². The molecule has 38 heavy (non-hydrogen) atoms.